The largest absolute Gasteiger partial charge is 0.363 e. The minimum Gasteiger partial charge on any atom is -0.363 e. The summed E-state index contributed by atoms with van der Waals surface area (Å²) in [5.41, 5.74) is 0.823. The molecule has 0 aliphatic rings. The molecular weight excluding hydrogens is 244 g/mol. The van der Waals surface area contributed by atoms with E-state index < -0.39 is 0 Å². The molecule has 0 atom stereocenters. The molecular formula is C10H17ClN4S. The monoisotopic (exact) mass is 260 g/mol. The summed E-state index contributed by atoms with van der Waals surface area (Å²) in [7, 11) is 0. The number of hydrogen-bond donors (Lipinski definition) is 2. The molecule has 2 N–H and O–H groups in total. The van der Waals surface area contributed by atoms with Crippen molar-refractivity contribution in [2.24, 2.45) is 0 Å². The van der Waals surface area contributed by atoms with E-state index in [4.69, 9.17) is 23.8 Å². The van der Waals surface area contributed by atoms with Gasteiger partial charge in [0.15, 0.2) is 5.11 Å². The van der Waals surface area contributed by atoms with E-state index in [2.05, 4.69) is 22.7 Å². The lowest BCUT2D eigenvalue weighted by Crippen LogP contribution is -2.35. The van der Waals surface area contributed by atoms with Gasteiger partial charge in [-0.15, -0.1) is 0 Å². The molecule has 0 saturated carbocycles. The molecule has 1 aromatic rings. The normalized spacial score (nSPS) is 10.2. The molecule has 0 spiro atoms. The number of rotatable bonds is 5. The van der Waals surface area contributed by atoms with Crippen LogP contribution in [0.15, 0.2) is 6.20 Å². The van der Waals surface area contributed by atoms with E-state index in [0.29, 0.717) is 16.7 Å². The first-order valence-electron chi connectivity index (χ1n) is 5.40. The van der Waals surface area contributed by atoms with E-state index >= 15 is 0 Å². The van der Waals surface area contributed by atoms with Gasteiger partial charge >= 0.3 is 0 Å². The molecule has 1 rings (SSSR count). The fraction of sp³-hybridized carbons (Fsp3) is 0.600. The average Bonchev–Trinajstić information content (AvgIpc) is 2.64. The third-order valence-corrected chi connectivity index (χ3v) is 2.67. The summed E-state index contributed by atoms with van der Waals surface area (Å²) >= 11 is 11.1. The molecule has 0 saturated heterocycles. The third-order valence-electron chi connectivity index (χ3n) is 2.06. The summed E-state index contributed by atoms with van der Waals surface area (Å²) < 4.78 is 1.81. The maximum atomic E-state index is 6.02. The lowest BCUT2D eigenvalue weighted by molar-refractivity contribution is 0.642. The first kappa shape index (κ1) is 13.3. The first-order chi connectivity index (χ1) is 7.67. The second-order valence-electron chi connectivity index (χ2n) is 3.39. The van der Waals surface area contributed by atoms with Gasteiger partial charge in [0.05, 0.1) is 11.6 Å². The van der Waals surface area contributed by atoms with Gasteiger partial charge in [0.1, 0.15) is 5.69 Å². The van der Waals surface area contributed by atoms with E-state index in [1.54, 1.807) is 0 Å². The first-order valence-corrected chi connectivity index (χ1v) is 6.19. The number of nitrogens with one attached hydrogen (secondary N) is 2. The average molecular weight is 261 g/mol. The zero-order valence-electron chi connectivity index (χ0n) is 9.59. The van der Waals surface area contributed by atoms with Crippen LogP contribution in [0, 0.1) is 0 Å². The van der Waals surface area contributed by atoms with Gasteiger partial charge in [0.2, 0.25) is 0 Å². The predicted molar refractivity (Wildman–Crippen MR) is 70.6 cm³/mol. The van der Waals surface area contributed by atoms with Crippen molar-refractivity contribution < 1.29 is 0 Å². The van der Waals surface area contributed by atoms with Crippen LogP contribution < -0.4 is 10.6 Å². The van der Waals surface area contributed by atoms with Gasteiger partial charge in [0, 0.05) is 19.3 Å². The molecule has 1 heterocycles. The summed E-state index contributed by atoms with van der Waals surface area (Å²) in [6.45, 7) is 6.37. The Morgan fingerprint density at radius 1 is 1.50 bits per heavy atom. The van der Waals surface area contributed by atoms with Crippen LogP contribution in [-0.4, -0.2) is 21.4 Å². The van der Waals surface area contributed by atoms with E-state index in [9.17, 15) is 0 Å². The quantitative estimate of drug-likeness (QED) is 0.794. The van der Waals surface area contributed by atoms with Gasteiger partial charge in [-0.2, -0.15) is 5.10 Å². The van der Waals surface area contributed by atoms with E-state index in [1.807, 2.05) is 17.8 Å². The van der Waals surface area contributed by atoms with E-state index in [0.717, 1.165) is 25.2 Å². The summed E-state index contributed by atoms with van der Waals surface area (Å²) in [4.78, 5) is 0. The fourth-order valence-electron chi connectivity index (χ4n) is 1.18. The highest BCUT2D eigenvalue weighted by molar-refractivity contribution is 7.80. The van der Waals surface area contributed by atoms with Crippen molar-refractivity contribution in [2.75, 3.05) is 6.54 Å². The predicted octanol–water partition coefficient (Wildman–Crippen LogP) is 1.93. The molecule has 0 fully saturated rings. The Hall–Kier alpha value is -0.810. The number of hydrogen-bond acceptors (Lipinski definition) is 2. The lowest BCUT2D eigenvalue weighted by Gasteiger charge is -2.08. The van der Waals surface area contributed by atoms with Crippen molar-refractivity contribution in [3.63, 3.8) is 0 Å². The highest BCUT2D eigenvalue weighted by Gasteiger charge is 2.06. The Morgan fingerprint density at radius 3 is 2.81 bits per heavy atom. The van der Waals surface area contributed by atoms with Gasteiger partial charge in [-0.05, 0) is 25.6 Å². The van der Waals surface area contributed by atoms with Crippen LogP contribution in [0.3, 0.4) is 0 Å². The molecule has 90 valence electrons. The van der Waals surface area contributed by atoms with Gasteiger partial charge in [-0.3, -0.25) is 4.68 Å². The summed E-state index contributed by atoms with van der Waals surface area (Å²) in [6.07, 6.45) is 2.87. The Bertz CT molecular complexity index is 351. The SMILES string of the molecule is CCCNC(=S)NCc1nn(CC)cc1Cl. The standard InChI is InChI=1S/C10H17ClN4S/c1-3-5-12-10(16)13-6-9-8(11)7-15(4-2)14-9/h7H,3-6H2,1-2H3,(H2,12,13,16). The lowest BCUT2D eigenvalue weighted by atomic mass is 10.4. The number of nitrogens with zero attached hydrogens (tertiary/aromatic N) is 2. The zero-order valence-corrected chi connectivity index (χ0v) is 11.2. The molecule has 0 aliphatic carbocycles. The van der Waals surface area contributed by atoms with Crippen LogP contribution in [0.5, 0.6) is 0 Å². The number of aryl methyl sites for hydroxylation is 1. The van der Waals surface area contributed by atoms with Gasteiger partial charge in [0.25, 0.3) is 0 Å². The molecule has 1 aromatic heterocycles. The van der Waals surface area contributed by atoms with Gasteiger partial charge in [-0.25, -0.2) is 0 Å². The topological polar surface area (TPSA) is 41.9 Å². The van der Waals surface area contributed by atoms with Crippen molar-refractivity contribution in [2.45, 2.75) is 33.4 Å². The summed E-state index contributed by atoms with van der Waals surface area (Å²) in [6, 6.07) is 0. The Balaban J connectivity index is 2.41. The van der Waals surface area contributed by atoms with E-state index in [1.165, 1.54) is 0 Å². The van der Waals surface area contributed by atoms with Gasteiger partial charge in [-0.1, -0.05) is 18.5 Å². The smallest absolute Gasteiger partial charge is 0.166 e. The summed E-state index contributed by atoms with van der Waals surface area (Å²) in [5, 5.41) is 11.8. The van der Waals surface area contributed by atoms with Crippen LogP contribution in [0.4, 0.5) is 0 Å². The van der Waals surface area contributed by atoms with Crippen LogP contribution in [0.25, 0.3) is 0 Å². The van der Waals surface area contributed by atoms with E-state index in [-0.39, 0.29) is 0 Å². The Labute approximate surface area is 106 Å². The minimum atomic E-state index is 0.557. The molecule has 4 nitrogen and oxygen atoms in total. The van der Waals surface area contributed by atoms with Crippen LogP contribution in [0.1, 0.15) is 26.0 Å². The number of thiocarbonyl (C=S) groups is 1. The van der Waals surface area contributed by atoms with Crippen molar-refractivity contribution in [1.82, 2.24) is 20.4 Å². The molecule has 0 aliphatic heterocycles. The van der Waals surface area contributed by atoms with Crippen LogP contribution in [0.2, 0.25) is 5.02 Å². The molecule has 6 heteroatoms. The fourth-order valence-corrected chi connectivity index (χ4v) is 1.58. The molecule has 0 unspecified atom stereocenters. The van der Waals surface area contributed by atoms with Crippen LogP contribution in [-0.2, 0) is 13.1 Å². The Kier molecular flexibility index (Phi) is 5.55. The summed E-state index contributed by atoms with van der Waals surface area (Å²) in [5.74, 6) is 0. The van der Waals surface area contributed by atoms with Gasteiger partial charge < -0.3 is 10.6 Å². The molecule has 0 radical (unpaired) electrons. The highest BCUT2D eigenvalue weighted by Crippen LogP contribution is 2.13. The van der Waals surface area contributed by atoms with Crippen LogP contribution >= 0.6 is 23.8 Å². The van der Waals surface area contributed by atoms with Crippen molar-refractivity contribution in [3.8, 4) is 0 Å². The third kappa shape index (κ3) is 3.98. The molecule has 0 aromatic carbocycles. The second kappa shape index (κ2) is 6.70. The number of halogens is 1. The zero-order chi connectivity index (χ0) is 12.0. The van der Waals surface area contributed by atoms with Crippen molar-refractivity contribution >= 4 is 28.9 Å². The molecule has 16 heavy (non-hydrogen) atoms. The number of aromatic nitrogens is 2. The molecule has 0 bridgehead atoms. The van der Waals surface area contributed by atoms with Crippen molar-refractivity contribution in [3.05, 3.63) is 16.9 Å². The maximum Gasteiger partial charge on any atom is 0.166 e. The second-order valence-corrected chi connectivity index (χ2v) is 4.20. The minimum absolute atomic E-state index is 0.557. The molecule has 0 amide bonds. The van der Waals surface area contributed by atoms with Crippen molar-refractivity contribution in [1.29, 1.82) is 0 Å². The Morgan fingerprint density at radius 2 is 2.25 bits per heavy atom. The maximum absolute atomic E-state index is 6.02. The highest BCUT2D eigenvalue weighted by atomic mass is 35.5.